The number of halogens is 1. The van der Waals surface area contributed by atoms with E-state index >= 15 is 0 Å². The second-order valence-corrected chi connectivity index (χ2v) is 13.3. The fraction of sp³-hybridized carbons (Fsp3) is 0.414. The van der Waals surface area contributed by atoms with Crippen LogP contribution in [0, 0.1) is 6.92 Å². The third-order valence-electron chi connectivity index (χ3n) is 7.78. The van der Waals surface area contributed by atoms with E-state index in [0.29, 0.717) is 35.8 Å². The van der Waals surface area contributed by atoms with E-state index in [2.05, 4.69) is 20.3 Å². The van der Waals surface area contributed by atoms with Gasteiger partial charge < -0.3 is 15.0 Å². The summed E-state index contributed by atoms with van der Waals surface area (Å²) in [5.74, 6) is 0.631. The minimum Gasteiger partial charge on any atom is -0.481 e. The first-order valence-corrected chi connectivity index (χ1v) is 16.3. The minimum absolute atomic E-state index is 0.0311. The summed E-state index contributed by atoms with van der Waals surface area (Å²) >= 11 is 6.04. The maximum absolute atomic E-state index is 13.7. The number of carbonyl (C=O) groups excluding carboxylic acids is 1. The number of piperidine rings is 1. The van der Waals surface area contributed by atoms with E-state index in [1.54, 1.807) is 29.5 Å². The van der Waals surface area contributed by atoms with Gasteiger partial charge in [0, 0.05) is 44.7 Å². The maximum Gasteiger partial charge on any atom is 0.285 e. The first-order chi connectivity index (χ1) is 20.8. The monoisotopic (exact) mass is 642 g/mol. The van der Waals surface area contributed by atoms with Crippen LogP contribution in [0.2, 0.25) is 5.15 Å². The van der Waals surface area contributed by atoms with Crippen LogP contribution in [0.25, 0.3) is 10.9 Å². The Bertz CT molecular complexity index is 1920. The van der Waals surface area contributed by atoms with Crippen LogP contribution in [0.4, 0.5) is 11.6 Å². The van der Waals surface area contributed by atoms with Crippen LogP contribution in [0.5, 0.6) is 5.88 Å². The maximum atomic E-state index is 13.7. The lowest BCUT2D eigenvalue weighted by molar-refractivity contribution is 0.0977. The van der Waals surface area contributed by atoms with Crippen molar-refractivity contribution in [3.05, 3.63) is 68.4 Å². The summed E-state index contributed by atoms with van der Waals surface area (Å²) in [4.78, 5) is 37.6. The lowest BCUT2D eigenvalue weighted by Crippen LogP contribution is -2.38. The van der Waals surface area contributed by atoms with Crippen LogP contribution in [-0.4, -0.2) is 65.1 Å². The molecule has 1 aliphatic rings. The number of aromatic nitrogens is 5. The molecule has 3 aromatic heterocycles. The lowest BCUT2D eigenvalue weighted by Gasteiger charge is -2.33. The number of amides is 1. The van der Waals surface area contributed by atoms with E-state index in [0.717, 1.165) is 35.9 Å². The summed E-state index contributed by atoms with van der Waals surface area (Å²) in [7, 11) is 1.38. The highest BCUT2D eigenvalue weighted by Gasteiger charge is 2.27. The molecule has 0 aliphatic carbocycles. The van der Waals surface area contributed by atoms with Crippen molar-refractivity contribution in [2.75, 3.05) is 36.7 Å². The number of rotatable bonds is 8. The SMILES string of the molecule is COc1cc(C2CCN(c3nc4c([C@@H](C)Nc5ccc(Cl)nc5C(=O)NS(C)(=O)=O)cc(C)cc4c(=O)n3C)CC2)nn1C. The molecule has 0 saturated carbocycles. The molecule has 5 rings (SSSR count). The molecule has 4 aromatic rings. The first-order valence-electron chi connectivity index (χ1n) is 14.0. The van der Waals surface area contributed by atoms with Crippen LogP contribution in [0.15, 0.2) is 35.1 Å². The molecule has 1 aliphatic heterocycles. The molecule has 1 aromatic carbocycles. The van der Waals surface area contributed by atoms with Gasteiger partial charge in [-0.15, -0.1) is 0 Å². The Labute approximate surface area is 260 Å². The number of hydrogen-bond donors (Lipinski definition) is 2. The van der Waals surface area contributed by atoms with Gasteiger partial charge in [-0.1, -0.05) is 17.7 Å². The van der Waals surface area contributed by atoms with Gasteiger partial charge in [0.2, 0.25) is 21.9 Å². The highest BCUT2D eigenvalue weighted by Crippen LogP contribution is 2.33. The minimum atomic E-state index is -3.83. The number of pyridine rings is 1. The first kappa shape index (κ1) is 31.3. The number of benzene rings is 1. The van der Waals surface area contributed by atoms with Crippen LogP contribution in [-0.2, 0) is 24.1 Å². The van der Waals surface area contributed by atoms with Crippen molar-refractivity contribution in [1.29, 1.82) is 0 Å². The van der Waals surface area contributed by atoms with Gasteiger partial charge in [-0.2, -0.15) is 5.10 Å². The topological polar surface area (TPSA) is 153 Å². The summed E-state index contributed by atoms with van der Waals surface area (Å²) in [6.07, 6.45) is 2.56. The molecule has 1 saturated heterocycles. The molecule has 15 heteroatoms. The van der Waals surface area contributed by atoms with Crippen LogP contribution in [0.1, 0.15) is 59.0 Å². The van der Waals surface area contributed by atoms with E-state index in [4.69, 9.17) is 21.3 Å². The summed E-state index contributed by atoms with van der Waals surface area (Å²) in [6.45, 7) is 5.15. The van der Waals surface area contributed by atoms with E-state index < -0.39 is 22.0 Å². The molecule has 2 N–H and O–H groups in total. The van der Waals surface area contributed by atoms with Gasteiger partial charge in [-0.25, -0.2) is 27.8 Å². The Morgan fingerprint density at radius 2 is 1.84 bits per heavy atom. The summed E-state index contributed by atoms with van der Waals surface area (Å²) in [5.41, 5.74) is 3.06. The molecule has 0 spiro atoms. The summed E-state index contributed by atoms with van der Waals surface area (Å²) < 4.78 is 34.1. The molecule has 234 valence electrons. The Kier molecular flexibility index (Phi) is 8.58. The van der Waals surface area contributed by atoms with Crippen LogP contribution in [0.3, 0.4) is 0 Å². The summed E-state index contributed by atoms with van der Waals surface area (Å²) in [5, 5.41) is 8.37. The number of anilines is 2. The van der Waals surface area contributed by atoms with Gasteiger partial charge in [0.1, 0.15) is 5.15 Å². The molecule has 4 heterocycles. The zero-order valence-electron chi connectivity index (χ0n) is 25.4. The normalized spacial score (nSPS) is 14.9. The highest BCUT2D eigenvalue weighted by molar-refractivity contribution is 7.89. The molecular formula is C29H35ClN8O5S. The van der Waals surface area contributed by atoms with Crippen LogP contribution < -0.4 is 25.2 Å². The fourth-order valence-electron chi connectivity index (χ4n) is 5.64. The standard InChI is InChI=1S/C29H35ClN8O5S/c1-16-13-19(17(2)31-21-7-8-23(30)32-26(21)27(39)35-44(6,41)42)25-20(14-16)28(40)36(3)29(33-25)38-11-9-18(10-12-38)22-15-24(43-5)37(4)34-22/h7-8,13-15,17-18,31H,9-12H2,1-6H3,(H,35,39)/t17-/m1/s1. The zero-order chi connectivity index (χ0) is 31.9. The van der Waals surface area contributed by atoms with Gasteiger partial charge >= 0.3 is 0 Å². The van der Waals surface area contributed by atoms with Crippen LogP contribution >= 0.6 is 11.6 Å². The number of sulfonamides is 1. The van der Waals surface area contributed by atoms with Gasteiger partial charge in [-0.3, -0.25) is 14.2 Å². The average molecular weight is 643 g/mol. The third kappa shape index (κ3) is 6.36. The van der Waals surface area contributed by atoms with Crippen molar-refractivity contribution >= 4 is 50.1 Å². The smallest absolute Gasteiger partial charge is 0.285 e. The molecule has 0 radical (unpaired) electrons. The molecule has 0 unspecified atom stereocenters. The molecule has 13 nitrogen and oxygen atoms in total. The second kappa shape index (κ2) is 12.1. The Morgan fingerprint density at radius 3 is 2.48 bits per heavy atom. The van der Waals surface area contributed by atoms with E-state index in [1.165, 1.54) is 6.07 Å². The van der Waals surface area contributed by atoms with Crippen molar-refractivity contribution in [2.24, 2.45) is 14.1 Å². The molecule has 1 atom stereocenters. The predicted molar refractivity (Wildman–Crippen MR) is 169 cm³/mol. The average Bonchev–Trinajstić information content (AvgIpc) is 3.35. The number of carbonyl (C=O) groups is 1. The molecule has 0 bridgehead atoms. The molecule has 1 amide bonds. The highest BCUT2D eigenvalue weighted by atomic mass is 35.5. The predicted octanol–water partition coefficient (Wildman–Crippen LogP) is 3.28. The van der Waals surface area contributed by atoms with Crippen molar-refractivity contribution in [3.63, 3.8) is 0 Å². The second-order valence-electron chi connectivity index (χ2n) is 11.1. The number of aryl methyl sites for hydroxylation is 2. The lowest BCUT2D eigenvalue weighted by atomic mass is 9.94. The van der Waals surface area contributed by atoms with Crippen molar-refractivity contribution < 1.29 is 17.9 Å². The van der Waals surface area contributed by atoms with Crippen molar-refractivity contribution in [2.45, 2.75) is 38.6 Å². The Hall–Kier alpha value is -4.17. The Balaban J connectivity index is 1.47. The third-order valence-corrected chi connectivity index (χ3v) is 8.55. The van der Waals surface area contributed by atoms with Gasteiger partial charge in [0.05, 0.1) is 41.7 Å². The number of nitrogens with zero attached hydrogens (tertiary/aromatic N) is 6. The Morgan fingerprint density at radius 1 is 1.14 bits per heavy atom. The van der Waals surface area contributed by atoms with Gasteiger partial charge in [0.25, 0.3) is 11.5 Å². The number of hydrogen-bond acceptors (Lipinski definition) is 10. The number of nitrogens with one attached hydrogen (secondary N) is 2. The van der Waals surface area contributed by atoms with E-state index in [1.807, 2.05) is 43.8 Å². The zero-order valence-corrected chi connectivity index (χ0v) is 27.0. The number of ether oxygens (including phenoxy) is 1. The van der Waals surface area contributed by atoms with Crippen molar-refractivity contribution in [1.82, 2.24) is 29.0 Å². The van der Waals surface area contributed by atoms with Gasteiger partial charge in [-0.05, 0) is 50.5 Å². The van der Waals surface area contributed by atoms with E-state index in [-0.39, 0.29) is 28.0 Å². The largest absolute Gasteiger partial charge is 0.481 e. The number of fused-ring (bicyclic) bond motifs is 1. The summed E-state index contributed by atoms with van der Waals surface area (Å²) in [6, 6.07) is 8.33. The molecule has 44 heavy (non-hydrogen) atoms. The molecule has 1 fully saturated rings. The fourth-order valence-corrected chi connectivity index (χ4v) is 6.22. The quantitative estimate of drug-likeness (QED) is 0.274. The van der Waals surface area contributed by atoms with Crippen molar-refractivity contribution in [3.8, 4) is 5.88 Å². The van der Waals surface area contributed by atoms with E-state index in [9.17, 15) is 18.0 Å². The molecular weight excluding hydrogens is 608 g/mol. The van der Waals surface area contributed by atoms with Gasteiger partial charge in [0.15, 0.2) is 5.69 Å². The number of methoxy groups -OCH3 is 1.